The monoisotopic (exact) mass is 580 g/mol. The summed E-state index contributed by atoms with van der Waals surface area (Å²) < 4.78 is 19.7. The number of ether oxygens (including phenoxy) is 2. The highest BCUT2D eigenvalue weighted by atomic mass is 28.4. The van der Waals surface area contributed by atoms with Crippen LogP contribution in [0.25, 0.3) is 0 Å². The van der Waals surface area contributed by atoms with Gasteiger partial charge in [0.15, 0.2) is 8.32 Å². The Kier molecular flexibility index (Phi) is 10.7. The van der Waals surface area contributed by atoms with Crippen LogP contribution in [-0.4, -0.2) is 49.6 Å². The normalized spacial score (nSPS) is 31.7. The molecular weight excluding hydrogens is 528 g/mol. The van der Waals surface area contributed by atoms with Crippen LogP contribution in [0.1, 0.15) is 58.6 Å². The fourth-order valence-electron chi connectivity index (χ4n) is 6.62. The van der Waals surface area contributed by atoms with E-state index in [1.807, 2.05) is 48.5 Å². The number of rotatable bonds is 10. The molecule has 0 aliphatic heterocycles. The summed E-state index contributed by atoms with van der Waals surface area (Å²) in [5.74, 6) is -0.193. The van der Waals surface area contributed by atoms with E-state index in [1.165, 1.54) is 5.57 Å². The Morgan fingerprint density at radius 3 is 1.93 bits per heavy atom. The summed E-state index contributed by atoms with van der Waals surface area (Å²) in [6.45, 7) is 17.1. The molecule has 0 spiro atoms. The smallest absolute Gasteiger partial charge is 0.191 e. The van der Waals surface area contributed by atoms with Gasteiger partial charge in [-0.1, -0.05) is 100 Å². The lowest BCUT2D eigenvalue weighted by Crippen LogP contribution is -2.60. The van der Waals surface area contributed by atoms with Crippen molar-refractivity contribution in [3.05, 3.63) is 83.4 Å². The van der Waals surface area contributed by atoms with Crippen LogP contribution in [0.3, 0.4) is 0 Å². The van der Waals surface area contributed by atoms with E-state index in [0.29, 0.717) is 26.2 Å². The zero-order valence-electron chi connectivity index (χ0n) is 26.1. The first-order valence-corrected chi connectivity index (χ1v) is 18.3. The van der Waals surface area contributed by atoms with Crippen molar-refractivity contribution in [1.29, 1.82) is 0 Å². The van der Waals surface area contributed by atoms with Gasteiger partial charge in [0.25, 0.3) is 0 Å². The zero-order chi connectivity index (χ0) is 29.8. The van der Waals surface area contributed by atoms with Gasteiger partial charge in [0.05, 0.1) is 37.6 Å². The standard InChI is InChI=1S/C35H52O5Si/c1-8-27-28(19-20-40-41(6,7)35(3,4)5)30(36)21-29-31(27)33(38-22-25-15-11-9-12-16-25)24(2)34(32(29)37)39-23-26-17-13-10-14-18-26/h8-18,24,28-34,36-37H,19-23H2,1-7H3/b27-8+/t24-,28-,29-,30+,31+,32-,33-,34-/m1/s1. The third-order valence-corrected chi connectivity index (χ3v) is 14.6. The van der Waals surface area contributed by atoms with Gasteiger partial charge >= 0.3 is 0 Å². The Balaban J connectivity index is 1.57. The minimum absolute atomic E-state index is 0.00607. The highest BCUT2D eigenvalue weighted by Crippen LogP contribution is 2.51. The highest BCUT2D eigenvalue weighted by molar-refractivity contribution is 6.74. The van der Waals surface area contributed by atoms with Crippen LogP contribution >= 0.6 is 0 Å². The molecule has 2 N–H and O–H groups in total. The number of allylic oxidation sites excluding steroid dienone is 1. The fraction of sp³-hybridized carbons (Fsp3) is 0.600. The summed E-state index contributed by atoms with van der Waals surface area (Å²) in [6.07, 6.45) is 1.69. The maximum absolute atomic E-state index is 11.8. The molecule has 0 amide bonds. The molecule has 0 radical (unpaired) electrons. The topological polar surface area (TPSA) is 68.2 Å². The highest BCUT2D eigenvalue weighted by Gasteiger charge is 2.55. The molecule has 0 heterocycles. The fourth-order valence-corrected chi connectivity index (χ4v) is 7.68. The predicted molar refractivity (Wildman–Crippen MR) is 168 cm³/mol. The van der Waals surface area contributed by atoms with Crippen molar-refractivity contribution in [2.45, 2.75) is 103 Å². The van der Waals surface area contributed by atoms with Crippen molar-refractivity contribution in [3.8, 4) is 0 Å². The molecule has 2 aromatic rings. The van der Waals surface area contributed by atoms with E-state index in [9.17, 15) is 10.2 Å². The second-order valence-corrected chi connectivity index (χ2v) is 18.5. The largest absolute Gasteiger partial charge is 0.417 e. The molecule has 41 heavy (non-hydrogen) atoms. The van der Waals surface area contributed by atoms with Gasteiger partial charge in [0.2, 0.25) is 0 Å². The molecule has 6 heteroatoms. The summed E-state index contributed by atoms with van der Waals surface area (Å²) >= 11 is 0. The van der Waals surface area contributed by atoms with Gasteiger partial charge in [-0.05, 0) is 54.9 Å². The molecule has 0 bridgehead atoms. The Bertz CT molecular complexity index is 1110. The molecular formula is C35H52O5Si. The van der Waals surface area contributed by atoms with Crippen molar-refractivity contribution in [3.63, 3.8) is 0 Å². The minimum atomic E-state index is -1.89. The van der Waals surface area contributed by atoms with Crippen LogP contribution in [0.2, 0.25) is 18.1 Å². The number of hydrogen-bond acceptors (Lipinski definition) is 5. The molecule has 2 aromatic carbocycles. The van der Waals surface area contributed by atoms with Gasteiger partial charge in [-0.15, -0.1) is 0 Å². The summed E-state index contributed by atoms with van der Waals surface area (Å²) in [6, 6.07) is 20.4. The quantitative estimate of drug-likeness (QED) is 0.231. The first-order chi connectivity index (χ1) is 19.4. The van der Waals surface area contributed by atoms with Crippen molar-refractivity contribution in [2.75, 3.05) is 6.61 Å². The van der Waals surface area contributed by atoms with Crippen molar-refractivity contribution in [1.82, 2.24) is 0 Å². The Morgan fingerprint density at radius 1 is 0.878 bits per heavy atom. The lowest BCUT2D eigenvalue weighted by atomic mass is 9.58. The summed E-state index contributed by atoms with van der Waals surface area (Å²) in [4.78, 5) is 0. The molecule has 2 saturated carbocycles. The van der Waals surface area contributed by atoms with E-state index in [4.69, 9.17) is 13.9 Å². The number of benzene rings is 2. The van der Waals surface area contributed by atoms with Crippen LogP contribution in [0.15, 0.2) is 72.3 Å². The molecule has 2 fully saturated rings. The van der Waals surface area contributed by atoms with E-state index in [2.05, 4.69) is 65.9 Å². The van der Waals surface area contributed by atoms with E-state index < -0.39 is 20.5 Å². The van der Waals surface area contributed by atoms with Crippen LogP contribution in [-0.2, 0) is 27.1 Å². The molecule has 0 saturated heterocycles. The summed E-state index contributed by atoms with van der Waals surface area (Å²) in [5, 5.41) is 23.4. The SMILES string of the molecule is C/C=C1/[C@H]2[C@@H](C[C@H](O)[C@@H]1CCO[Si](C)(C)C(C)(C)C)[C@@H](O)[C@H](OCc1ccccc1)[C@H](C)[C@H]2OCc1ccccc1. The molecule has 5 nitrogen and oxygen atoms in total. The molecule has 0 aromatic heterocycles. The first kappa shape index (κ1) is 32.1. The van der Waals surface area contributed by atoms with Crippen molar-refractivity contribution < 1.29 is 24.1 Å². The predicted octanol–water partition coefficient (Wildman–Crippen LogP) is 7.14. The molecule has 2 aliphatic rings. The minimum Gasteiger partial charge on any atom is -0.417 e. The average molecular weight is 581 g/mol. The molecule has 8 atom stereocenters. The van der Waals surface area contributed by atoms with Crippen LogP contribution < -0.4 is 0 Å². The first-order valence-electron chi connectivity index (χ1n) is 15.4. The Labute approximate surface area is 249 Å². The van der Waals surface area contributed by atoms with Gasteiger partial charge in [-0.25, -0.2) is 0 Å². The van der Waals surface area contributed by atoms with Crippen LogP contribution in [0, 0.1) is 23.7 Å². The second-order valence-electron chi connectivity index (χ2n) is 13.7. The van der Waals surface area contributed by atoms with E-state index in [0.717, 1.165) is 17.5 Å². The average Bonchev–Trinajstić information content (AvgIpc) is 2.94. The van der Waals surface area contributed by atoms with Crippen molar-refractivity contribution >= 4 is 8.32 Å². The number of hydrogen-bond donors (Lipinski definition) is 2. The van der Waals surface area contributed by atoms with Gasteiger partial charge in [-0.2, -0.15) is 0 Å². The van der Waals surface area contributed by atoms with E-state index in [-0.39, 0.29) is 40.9 Å². The molecule has 2 aliphatic carbocycles. The Morgan fingerprint density at radius 2 is 1.41 bits per heavy atom. The van der Waals surface area contributed by atoms with Gasteiger partial charge in [-0.3, -0.25) is 0 Å². The van der Waals surface area contributed by atoms with Gasteiger partial charge in [0, 0.05) is 24.4 Å². The maximum atomic E-state index is 11.8. The lowest BCUT2D eigenvalue weighted by molar-refractivity contribution is -0.198. The van der Waals surface area contributed by atoms with E-state index >= 15 is 0 Å². The summed E-state index contributed by atoms with van der Waals surface area (Å²) in [5.41, 5.74) is 3.40. The zero-order valence-corrected chi connectivity index (χ0v) is 27.1. The molecule has 0 unspecified atom stereocenters. The maximum Gasteiger partial charge on any atom is 0.191 e. The number of aliphatic hydroxyl groups excluding tert-OH is 2. The Hall–Kier alpha value is -1.80. The van der Waals surface area contributed by atoms with Crippen molar-refractivity contribution in [2.24, 2.45) is 23.7 Å². The van der Waals surface area contributed by atoms with Gasteiger partial charge < -0.3 is 24.1 Å². The second kappa shape index (κ2) is 13.7. The molecule has 4 rings (SSSR count). The van der Waals surface area contributed by atoms with Gasteiger partial charge in [0.1, 0.15) is 0 Å². The number of fused-ring (bicyclic) bond motifs is 1. The third-order valence-electron chi connectivity index (χ3n) is 10.0. The van der Waals surface area contributed by atoms with E-state index in [1.54, 1.807) is 0 Å². The third kappa shape index (κ3) is 7.41. The van der Waals surface area contributed by atoms with Crippen LogP contribution in [0.5, 0.6) is 0 Å². The number of aliphatic hydroxyl groups is 2. The lowest BCUT2D eigenvalue weighted by Gasteiger charge is -2.54. The molecule has 226 valence electrons. The van der Waals surface area contributed by atoms with Crippen LogP contribution in [0.4, 0.5) is 0 Å². The summed E-state index contributed by atoms with van der Waals surface area (Å²) in [7, 11) is -1.89.